The molecule has 108 valence electrons. The van der Waals surface area contributed by atoms with Gasteiger partial charge in [-0.3, -0.25) is 14.9 Å². The molecule has 2 aromatic carbocycles. The molecule has 0 aromatic heterocycles. The number of carbonyl (C=O) groups is 1. The van der Waals surface area contributed by atoms with Crippen molar-refractivity contribution in [3.8, 4) is 0 Å². The number of benzene rings is 2. The first-order chi connectivity index (χ1) is 9.88. The topological polar surface area (TPSA) is 72.2 Å². The Morgan fingerprint density at radius 1 is 1.14 bits per heavy atom. The number of rotatable bonds is 3. The summed E-state index contributed by atoms with van der Waals surface area (Å²) in [5.74, 6) is -0.395. The summed E-state index contributed by atoms with van der Waals surface area (Å²) in [5.41, 5.74) is 2.95. The van der Waals surface area contributed by atoms with E-state index >= 15 is 0 Å². The number of carbonyl (C=O) groups excluding carboxylic acids is 1. The number of amides is 1. The molecular weight excluding hydrogens is 336 g/mol. The van der Waals surface area contributed by atoms with Crippen LogP contribution in [0.4, 0.5) is 11.4 Å². The van der Waals surface area contributed by atoms with Crippen molar-refractivity contribution in [1.29, 1.82) is 0 Å². The molecule has 0 saturated heterocycles. The zero-order valence-corrected chi connectivity index (χ0v) is 13.1. The van der Waals surface area contributed by atoms with Gasteiger partial charge in [-0.15, -0.1) is 0 Å². The molecule has 1 amide bonds. The largest absolute Gasteiger partial charge is 0.322 e. The second-order valence-electron chi connectivity index (χ2n) is 4.67. The normalized spacial score (nSPS) is 10.2. The fourth-order valence-electron chi connectivity index (χ4n) is 1.82. The lowest BCUT2D eigenvalue weighted by atomic mass is 10.1. The predicted molar refractivity (Wildman–Crippen MR) is 84.7 cm³/mol. The smallest absolute Gasteiger partial charge is 0.270 e. The first-order valence-corrected chi connectivity index (χ1v) is 7.00. The number of nitro benzene ring substituents is 1. The van der Waals surface area contributed by atoms with Crippen LogP contribution in [0.5, 0.6) is 0 Å². The number of aryl methyl sites for hydroxylation is 2. The van der Waals surface area contributed by atoms with E-state index in [1.54, 1.807) is 6.07 Å². The summed E-state index contributed by atoms with van der Waals surface area (Å²) in [5, 5.41) is 13.5. The Labute approximate surface area is 130 Å². The summed E-state index contributed by atoms with van der Waals surface area (Å²) in [4.78, 5) is 22.5. The minimum Gasteiger partial charge on any atom is -0.322 e. The van der Waals surface area contributed by atoms with Crippen LogP contribution < -0.4 is 5.32 Å². The molecule has 6 heteroatoms. The average molecular weight is 349 g/mol. The van der Waals surface area contributed by atoms with Crippen molar-refractivity contribution in [3.63, 3.8) is 0 Å². The standard InChI is InChI=1S/C15H13BrN2O3/c1-9-3-4-11(7-10(9)2)17-15(19)13-8-12(18(20)21)5-6-14(13)16/h3-8H,1-2H3,(H,17,19). The molecular formula is C15H13BrN2O3. The number of nitrogens with zero attached hydrogens (tertiary/aromatic N) is 1. The molecule has 0 atom stereocenters. The minimum atomic E-state index is -0.529. The lowest BCUT2D eigenvalue weighted by Gasteiger charge is -2.09. The number of anilines is 1. The zero-order valence-electron chi connectivity index (χ0n) is 11.5. The molecule has 2 rings (SSSR count). The Morgan fingerprint density at radius 2 is 1.86 bits per heavy atom. The van der Waals surface area contributed by atoms with Crippen LogP contribution in [0.2, 0.25) is 0 Å². The highest BCUT2D eigenvalue weighted by molar-refractivity contribution is 9.10. The first-order valence-electron chi connectivity index (χ1n) is 6.21. The molecule has 5 nitrogen and oxygen atoms in total. The van der Waals surface area contributed by atoms with Crippen molar-refractivity contribution in [1.82, 2.24) is 0 Å². The van der Waals surface area contributed by atoms with E-state index in [0.717, 1.165) is 11.1 Å². The molecule has 0 spiro atoms. The third kappa shape index (κ3) is 3.46. The van der Waals surface area contributed by atoms with E-state index in [4.69, 9.17) is 0 Å². The minimum absolute atomic E-state index is 0.122. The number of hydrogen-bond donors (Lipinski definition) is 1. The Kier molecular flexibility index (Phi) is 4.37. The fraction of sp³-hybridized carbons (Fsp3) is 0.133. The molecule has 0 aliphatic heterocycles. The second kappa shape index (κ2) is 6.05. The van der Waals surface area contributed by atoms with Crippen molar-refractivity contribution in [2.24, 2.45) is 0 Å². The van der Waals surface area contributed by atoms with Gasteiger partial charge in [0.05, 0.1) is 10.5 Å². The molecule has 0 radical (unpaired) electrons. The maximum absolute atomic E-state index is 12.2. The number of halogens is 1. The van der Waals surface area contributed by atoms with Crippen LogP contribution in [-0.4, -0.2) is 10.8 Å². The maximum atomic E-state index is 12.2. The molecule has 0 heterocycles. The lowest BCUT2D eigenvalue weighted by Crippen LogP contribution is -2.13. The zero-order chi connectivity index (χ0) is 15.6. The van der Waals surface area contributed by atoms with Gasteiger partial charge >= 0.3 is 0 Å². The molecule has 0 unspecified atom stereocenters. The molecule has 0 saturated carbocycles. The van der Waals surface area contributed by atoms with Crippen LogP contribution in [-0.2, 0) is 0 Å². The highest BCUT2D eigenvalue weighted by atomic mass is 79.9. The third-order valence-electron chi connectivity index (χ3n) is 3.17. The van der Waals surface area contributed by atoms with E-state index in [-0.39, 0.29) is 11.3 Å². The van der Waals surface area contributed by atoms with Crippen LogP contribution in [0.3, 0.4) is 0 Å². The SMILES string of the molecule is Cc1ccc(NC(=O)c2cc([N+](=O)[O-])ccc2Br)cc1C. The van der Waals surface area contributed by atoms with Gasteiger partial charge in [0.15, 0.2) is 0 Å². The van der Waals surface area contributed by atoms with Crippen molar-refractivity contribution < 1.29 is 9.72 Å². The number of hydrogen-bond acceptors (Lipinski definition) is 3. The van der Waals surface area contributed by atoms with E-state index in [1.807, 2.05) is 26.0 Å². The van der Waals surface area contributed by atoms with Gasteiger partial charge in [0.1, 0.15) is 0 Å². The maximum Gasteiger partial charge on any atom is 0.270 e. The molecule has 1 N–H and O–H groups in total. The third-order valence-corrected chi connectivity index (χ3v) is 3.86. The van der Waals surface area contributed by atoms with Crippen LogP contribution in [0, 0.1) is 24.0 Å². The molecule has 0 aliphatic carbocycles. The van der Waals surface area contributed by atoms with E-state index < -0.39 is 10.8 Å². The highest BCUT2D eigenvalue weighted by Gasteiger charge is 2.15. The Hall–Kier alpha value is -2.21. The Balaban J connectivity index is 2.29. The summed E-state index contributed by atoms with van der Waals surface area (Å²) in [6.45, 7) is 3.94. The van der Waals surface area contributed by atoms with Gasteiger partial charge in [-0.2, -0.15) is 0 Å². The highest BCUT2D eigenvalue weighted by Crippen LogP contribution is 2.24. The van der Waals surface area contributed by atoms with Crippen molar-refractivity contribution in [2.75, 3.05) is 5.32 Å². The summed E-state index contributed by atoms with van der Waals surface area (Å²) in [6, 6.07) is 9.65. The van der Waals surface area contributed by atoms with Gasteiger partial charge in [0, 0.05) is 22.3 Å². The quantitative estimate of drug-likeness (QED) is 0.666. The van der Waals surface area contributed by atoms with E-state index in [1.165, 1.54) is 18.2 Å². The number of non-ortho nitro benzene ring substituents is 1. The summed E-state index contributed by atoms with van der Waals surface area (Å²) >= 11 is 3.24. The molecule has 0 fully saturated rings. The van der Waals surface area contributed by atoms with Gasteiger partial charge in [0.2, 0.25) is 0 Å². The second-order valence-corrected chi connectivity index (χ2v) is 5.53. The van der Waals surface area contributed by atoms with Gasteiger partial charge in [-0.25, -0.2) is 0 Å². The molecule has 2 aromatic rings. The van der Waals surface area contributed by atoms with Crippen molar-refractivity contribution in [2.45, 2.75) is 13.8 Å². The van der Waals surface area contributed by atoms with E-state index in [2.05, 4.69) is 21.2 Å². The fourth-order valence-corrected chi connectivity index (χ4v) is 2.25. The van der Waals surface area contributed by atoms with Crippen molar-refractivity contribution >= 4 is 33.2 Å². The van der Waals surface area contributed by atoms with Gasteiger partial charge in [0.25, 0.3) is 11.6 Å². The summed E-state index contributed by atoms with van der Waals surface area (Å²) in [6.07, 6.45) is 0. The van der Waals surface area contributed by atoms with Crippen molar-refractivity contribution in [3.05, 3.63) is 67.7 Å². The monoisotopic (exact) mass is 348 g/mol. The predicted octanol–water partition coefficient (Wildman–Crippen LogP) is 4.23. The van der Waals surface area contributed by atoms with Crippen LogP contribution in [0.15, 0.2) is 40.9 Å². The lowest BCUT2D eigenvalue weighted by molar-refractivity contribution is -0.384. The number of nitro groups is 1. The van der Waals surface area contributed by atoms with Gasteiger partial charge in [-0.05, 0) is 59.1 Å². The first kappa shape index (κ1) is 15.2. The summed E-state index contributed by atoms with van der Waals surface area (Å²) in [7, 11) is 0. The number of nitrogens with one attached hydrogen (secondary N) is 1. The Bertz CT molecular complexity index is 729. The van der Waals surface area contributed by atoms with Crippen LogP contribution >= 0.6 is 15.9 Å². The van der Waals surface area contributed by atoms with Crippen LogP contribution in [0.25, 0.3) is 0 Å². The Morgan fingerprint density at radius 3 is 2.48 bits per heavy atom. The molecule has 0 bridgehead atoms. The summed E-state index contributed by atoms with van der Waals surface area (Å²) < 4.78 is 0.509. The average Bonchev–Trinajstić information content (AvgIpc) is 2.43. The van der Waals surface area contributed by atoms with Gasteiger partial charge < -0.3 is 5.32 Å². The molecule has 21 heavy (non-hydrogen) atoms. The van der Waals surface area contributed by atoms with Gasteiger partial charge in [-0.1, -0.05) is 6.07 Å². The van der Waals surface area contributed by atoms with E-state index in [0.29, 0.717) is 10.2 Å². The van der Waals surface area contributed by atoms with E-state index in [9.17, 15) is 14.9 Å². The molecule has 0 aliphatic rings. The van der Waals surface area contributed by atoms with Crippen LogP contribution in [0.1, 0.15) is 21.5 Å².